The number of hydrogen-bond acceptors (Lipinski definition) is 4. The molecule has 2 aromatic rings. The smallest absolute Gasteiger partial charge is 0.251 e. The molecule has 18 heavy (non-hydrogen) atoms. The van der Waals surface area contributed by atoms with Crippen LogP contribution in [0.2, 0.25) is 0 Å². The summed E-state index contributed by atoms with van der Waals surface area (Å²) in [5.74, 6) is 0.539. The zero-order chi connectivity index (χ0) is 13.3. The van der Waals surface area contributed by atoms with E-state index in [9.17, 15) is 4.79 Å². The molecule has 6 heteroatoms. The van der Waals surface area contributed by atoms with E-state index >= 15 is 0 Å². The van der Waals surface area contributed by atoms with Crippen molar-refractivity contribution in [3.05, 3.63) is 33.5 Å². The molecule has 0 spiro atoms. The van der Waals surface area contributed by atoms with Crippen LogP contribution in [0, 0.1) is 13.8 Å². The fourth-order valence-corrected chi connectivity index (χ4v) is 1.96. The van der Waals surface area contributed by atoms with Crippen LogP contribution in [0.25, 0.3) is 11.4 Å². The second kappa shape index (κ2) is 4.73. The number of aromatic nitrogens is 4. The van der Waals surface area contributed by atoms with Gasteiger partial charge in [0.15, 0.2) is 0 Å². The van der Waals surface area contributed by atoms with Crippen molar-refractivity contribution in [2.75, 3.05) is 7.11 Å². The van der Waals surface area contributed by atoms with Gasteiger partial charge in [-0.25, -0.2) is 4.98 Å². The van der Waals surface area contributed by atoms with Gasteiger partial charge in [0.05, 0.1) is 23.6 Å². The molecule has 0 aliphatic carbocycles. The molecule has 0 bridgehead atoms. The molecule has 1 N–H and O–H groups in total. The van der Waals surface area contributed by atoms with E-state index in [0.717, 1.165) is 17.0 Å². The van der Waals surface area contributed by atoms with Crippen molar-refractivity contribution < 1.29 is 4.74 Å². The minimum Gasteiger partial charge on any atom is -0.378 e. The normalized spacial score (nSPS) is 10.9. The van der Waals surface area contributed by atoms with E-state index < -0.39 is 0 Å². The third-order valence-electron chi connectivity index (χ3n) is 2.83. The van der Waals surface area contributed by atoms with Gasteiger partial charge >= 0.3 is 0 Å². The van der Waals surface area contributed by atoms with Crippen LogP contribution >= 0.6 is 0 Å². The standard InChI is InChI=1S/C12H16N4O2/c1-7-11(8(2)16(3)15-7)12-13-9(6-18-4)5-10(17)14-12/h5H,6H2,1-4H3,(H,13,14,17). The number of ether oxygens (including phenoxy) is 1. The van der Waals surface area contributed by atoms with Gasteiger partial charge in [-0.2, -0.15) is 5.10 Å². The predicted molar refractivity (Wildman–Crippen MR) is 67.2 cm³/mol. The quantitative estimate of drug-likeness (QED) is 0.877. The Bertz CT molecular complexity index is 627. The molecule has 0 amide bonds. The van der Waals surface area contributed by atoms with Gasteiger partial charge in [-0.1, -0.05) is 0 Å². The lowest BCUT2D eigenvalue weighted by atomic mass is 10.2. The Morgan fingerprint density at radius 3 is 2.72 bits per heavy atom. The second-order valence-electron chi connectivity index (χ2n) is 4.19. The van der Waals surface area contributed by atoms with Crippen LogP contribution < -0.4 is 5.56 Å². The number of aromatic amines is 1. The molecule has 0 saturated heterocycles. The molecule has 0 aliphatic heterocycles. The van der Waals surface area contributed by atoms with Gasteiger partial charge in [0.25, 0.3) is 5.56 Å². The zero-order valence-electron chi connectivity index (χ0n) is 10.9. The maximum Gasteiger partial charge on any atom is 0.251 e. The maximum atomic E-state index is 11.6. The second-order valence-corrected chi connectivity index (χ2v) is 4.19. The monoisotopic (exact) mass is 248 g/mol. The van der Waals surface area contributed by atoms with E-state index in [1.807, 2.05) is 20.9 Å². The zero-order valence-corrected chi connectivity index (χ0v) is 10.9. The van der Waals surface area contributed by atoms with E-state index in [1.54, 1.807) is 11.8 Å². The van der Waals surface area contributed by atoms with Crippen LogP contribution in [0.4, 0.5) is 0 Å². The summed E-state index contributed by atoms with van der Waals surface area (Å²) in [5.41, 5.74) is 3.10. The summed E-state index contributed by atoms with van der Waals surface area (Å²) in [6.45, 7) is 4.15. The van der Waals surface area contributed by atoms with Gasteiger partial charge in [0.1, 0.15) is 5.82 Å². The molecule has 96 valence electrons. The molecule has 0 atom stereocenters. The van der Waals surface area contributed by atoms with E-state index in [-0.39, 0.29) is 5.56 Å². The molecule has 0 aromatic carbocycles. The average molecular weight is 248 g/mol. The van der Waals surface area contributed by atoms with Gasteiger partial charge in [0.2, 0.25) is 0 Å². The number of aryl methyl sites for hydroxylation is 2. The van der Waals surface area contributed by atoms with E-state index in [2.05, 4.69) is 15.1 Å². The first-order chi connectivity index (χ1) is 8.52. The highest BCUT2D eigenvalue weighted by Gasteiger charge is 2.14. The molecule has 2 aromatic heterocycles. The minimum atomic E-state index is -0.185. The van der Waals surface area contributed by atoms with Crippen LogP contribution in [0.15, 0.2) is 10.9 Å². The highest BCUT2D eigenvalue weighted by atomic mass is 16.5. The fourth-order valence-electron chi connectivity index (χ4n) is 1.96. The SMILES string of the molecule is COCc1cc(=O)[nH]c(-c2c(C)nn(C)c2C)n1. The van der Waals surface area contributed by atoms with Crippen molar-refractivity contribution in [2.45, 2.75) is 20.5 Å². The highest BCUT2D eigenvalue weighted by Crippen LogP contribution is 2.22. The van der Waals surface area contributed by atoms with Crippen molar-refractivity contribution >= 4 is 0 Å². The van der Waals surface area contributed by atoms with Gasteiger partial charge in [-0.15, -0.1) is 0 Å². The van der Waals surface area contributed by atoms with Gasteiger partial charge in [-0.05, 0) is 13.8 Å². The van der Waals surface area contributed by atoms with Crippen LogP contribution in [-0.4, -0.2) is 26.9 Å². The molecule has 0 aliphatic rings. The van der Waals surface area contributed by atoms with Crippen molar-refractivity contribution in [2.24, 2.45) is 7.05 Å². The summed E-state index contributed by atoms with van der Waals surface area (Å²) in [7, 11) is 3.44. The van der Waals surface area contributed by atoms with E-state index in [4.69, 9.17) is 4.74 Å². The van der Waals surface area contributed by atoms with Crippen LogP contribution in [0.3, 0.4) is 0 Å². The first kappa shape index (κ1) is 12.5. The lowest BCUT2D eigenvalue weighted by Gasteiger charge is -2.04. The molecule has 6 nitrogen and oxygen atoms in total. The van der Waals surface area contributed by atoms with Crippen LogP contribution in [-0.2, 0) is 18.4 Å². The third-order valence-corrected chi connectivity index (χ3v) is 2.83. The Balaban J connectivity index is 2.60. The van der Waals surface area contributed by atoms with Gasteiger partial charge < -0.3 is 9.72 Å². The minimum absolute atomic E-state index is 0.185. The highest BCUT2D eigenvalue weighted by molar-refractivity contribution is 5.61. The lowest BCUT2D eigenvalue weighted by Crippen LogP contribution is -2.11. The van der Waals surface area contributed by atoms with Gasteiger partial charge in [-0.3, -0.25) is 9.48 Å². The summed E-state index contributed by atoms with van der Waals surface area (Å²) in [6.07, 6.45) is 0. The molecule has 2 heterocycles. The third kappa shape index (κ3) is 2.19. The maximum absolute atomic E-state index is 11.6. The molecule has 0 saturated carbocycles. The van der Waals surface area contributed by atoms with Gasteiger partial charge in [0, 0.05) is 25.9 Å². The Labute approximate surface area is 105 Å². The summed E-state index contributed by atoms with van der Waals surface area (Å²) >= 11 is 0. The largest absolute Gasteiger partial charge is 0.378 e. The average Bonchev–Trinajstić information content (AvgIpc) is 2.52. The number of H-pyrrole nitrogens is 1. The van der Waals surface area contributed by atoms with Crippen LogP contribution in [0.1, 0.15) is 17.1 Å². The lowest BCUT2D eigenvalue weighted by molar-refractivity contribution is 0.181. The molecule has 0 fully saturated rings. The molecule has 0 unspecified atom stereocenters. The Kier molecular flexibility index (Phi) is 3.29. The molecule has 2 rings (SSSR count). The summed E-state index contributed by atoms with van der Waals surface area (Å²) in [5, 5.41) is 4.32. The van der Waals surface area contributed by atoms with Crippen molar-refractivity contribution in [3.63, 3.8) is 0 Å². The van der Waals surface area contributed by atoms with Crippen molar-refractivity contribution in [1.29, 1.82) is 0 Å². The predicted octanol–water partition coefficient (Wildman–Crippen LogP) is 0.934. The number of rotatable bonds is 3. The van der Waals surface area contributed by atoms with E-state index in [1.165, 1.54) is 6.07 Å². The molecular weight excluding hydrogens is 232 g/mol. The summed E-state index contributed by atoms with van der Waals surface area (Å²) in [4.78, 5) is 18.7. The number of nitrogens with one attached hydrogen (secondary N) is 1. The number of methoxy groups -OCH3 is 1. The Morgan fingerprint density at radius 1 is 1.44 bits per heavy atom. The Morgan fingerprint density at radius 2 is 2.17 bits per heavy atom. The molecule has 0 radical (unpaired) electrons. The molecular formula is C12H16N4O2. The topological polar surface area (TPSA) is 72.8 Å². The first-order valence-corrected chi connectivity index (χ1v) is 5.62. The van der Waals surface area contributed by atoms with Crippen LogP contribution in [0.5, 0.6) is 0 Å². The fraction of sp³-hybridized carbons (Fsp3) is 0.417. The first-order valence-electron chi connectivity index (χ1n) is 5.62. The van der Waals surface area contributed by atoms with Crippen molar-refractivity contribution in [3.8, 4) is 11.4 Å². The van der Waals surface area contributed by atoms with E-state index in [0.29, 0.717) is 18.1 Å². The summed E-state index contributed by atoms with van der Waals surface area (Å²) < 4.78 is 6.77. The van der Waals surface area contributed by atoms with Crippen molar-refractivity contribution in [1.82, 2.24) is 19.7 Å². The number of nitrogens with zero attached hydrogens (tertiary/aromatic N) is 3. The number of hydrogen-bond donors (Lipinski definition) is 1. The Hall–Kier alpha value is -1.95. The summed E-state index contributed by atoms with van der Waals surface area (Å²) in [6, 6.07) is 1.44.